The van der Waals surface area contributed by atoms with Crippen molar-refractivity contribution in [3.63, 3.8) is 0 Å². The van der Waals surface area contributed by atoms with E-state index in [1.807, 2.05) is 13.8 Å². The molecular formula is C30H40F10. The largest absolute Gasteiger partial charge is 0.335 e. The minimum Gasteiger partial charge on any atom is -0.206 e. The SMILES string of the molecule is CCCCCC1CCC(C(F)(F)C(F)(F)C2CCC(C(F)(F)C(F)(F)c3ccc(CCC)cc3)CC2)C(F)(F)C1. The van der Waals surface area contributed by atoms with Gasteiger partial charge < -0.3 is 0 Å². The van der Waals surface area contributed by atoms with E-state index in [-0.39, 0.29) is 6.42 Å². The molecule has 0 heterocycles. The van der Waals surface area contributed by atoms with E-state index < -0.39 is 97.4 Å². The lowest BCUT2D eigenvalue weighted by atomic mass is 9.68. The summed E-state index contributed by atoms with van der Waals surface area (Å²) in [5.41, 5.74) is -0.214. The van der Waals surface area contributed by atoms with Crippen LogP contribution in [0.25, 0.3) is 0 Å². The summed E-state index contributed by atoms with van der Waals surface area (Å²) in [5, 5.41) is 0. The van der Waals surface area contributed by atoms with Gasteiger partial charge >= 0.3 is 23.7 Å². The van der Waals surface area contributed by atoms with Crippen LogP contribution in [0.4, 0.5) is 43.9 Å². The molecule has 1 aromatic carbocycles. The Morgan fingerprint density at radius 2 is 1.23 bits per heavy atom. The second-order valence-electron chi connectivity index (χ2n) is 11.9. The van der Waals surface area contributed by atoms with Gasteiger partial charge in [0.15, 0.2) is 0 Å². The highest BCUT2D eigenvalue weighted by molar-refractivity contribution is 5.28. The summed E-state index contributed by atoms with van der Waals surface area (Å²) < 4.78 is 150. The van der Waals surface area contributed by atoms with E-state index in [4.69, 9.17) is 0 Å². The Balaban J connectivity index is 1.68. The molecule has 0 amide bonds. The van der Waals surface area contributed by atoms with E-state index in [2.05, 4.69) is 0 Å². The van der Waals surface area contributed by atoms with Gasteiger partial charge in [0.25, 0.3) is 5.92 Å². The van der Waals surface area contributed by atoms with E-state index in [0.29, 0.717) is 24.8 Å². The first-order chi connectivity index (χ1) is 18.5. The average molecular weight is 591 g/mol. The van der Waals surface area contributed by atoms with Crippen LogP contribution in [0, 0.1) is 23.7 Å². The third-order valence-electron chi connectivity index (χ3n) is 9.06. The first-order valence-corrected chi connectivity index (χ1v) is 14.5. The topological polar surface area (TPSA) is 0 Å². The number of hydrogen-bond donors (Lipinski definition) is 0. The van der Waals surface area contributed by atoms with Crippen LogP contribution in [0.15, 0.2) is 24.3 Å². The molecule has 2 aliphatic rings. The van der Waals surface area contributed by atoms with Crippen LogP contribution in [0.2, 0.25) is 0 Å². The summed E-state index contributed by atoms with van der Waals surface area (Å²) in [6, 6.07) is 4.49. The van der Waals surface area contributed by atoms with E-state index in [1.165, 1.54) is 12.1 Å². The number of halogens is 10. The third-order valence-corrected chi connectivity index (χ3v) is 9.06. The van der Waals surface area contributed by atoms with Gasteiger partial charge in [0.1, 0.15) is 0 Å². The van der Waals surface area contributed by atoms with Crippen molar-refractivity contribution >= 4 is 0 Å². The first kappa shape index (κ1) is 33.0. The lowest BCUT2D eigenvalue weighted by Gasteiger charge is -2.45. The summed E-state index contributed by atoms with van der Waals surface area (Å²) >= 11 is 0. The standard InChI is InChI=1S/C30H40F10/c1-3-5-6-8-21-11-18-25(26(31,32)19-21)30(39,40)29(37,38)24-16-14-23(15-17-24)28(35,36)27(33,34)22-12-9-20(7-4-2)10-13-22/h9-10,12-13,21,23-25H,3-8,11,14-19H2,1-2H3. The van der Waals surface area contributed by atoms with Gasteiger partial charge in [0, 0.05) is 23.8 Å². The molecule has 2 unspecified atom stereocenters. The molecule has 0 nitrogen and oxygen atoms in total. The molecule has 230 valence electrons. The van der Waals surface area contributed by atoms with Crippen molar-refractivity contribution in [2.45, 2.75) is 127 Å². The Morgan fingerprint density at radius 3 is 1.73 bits per heavy atom. The fraction of sp³-hybridized carbons (Fsp3) is 0.800. The number of hydrogen-bond acceptors (Lipinski definition) is 0. The highest BCUT2D eigenvalue weighted by atomic mass is 19.3. The molecule has 0 radical (unpaired) electrons. The Labute approximate surface area is 230 Å². The summed E-state index contributed by atoms with van der Waals surface area (Å²) in [4.78, 5) is 0. The Bertz CT molecular complexity index is 932. The van der Waals surface area contributed by atoms with Gasteiger partial charge in [-0.2, -0.15) is 35.1 Å². The molecule has 0 saturated heterocycles. The Morgan fingerprint density at radius 1 is 0.675 bits per heavy atom. The molecule has 1 aromatic rings. The van der Waals surface area contributed by atoms with E-state index in [9.17, 15) is 17.6 Å². The van der Waals surface area contributed by atoms with Crippen molar-refractivity contribution in [1.82, 2.24) is 0 Å². The quantitative estimate of drug-likeness (QED) is 0.168. The van der Waals surface area contributed by atoms with Crippen molar-refractivity contribution in [3.05, 3.63) is 35.4 Å². The fourth-order valence-corrected chi connectivity index (χ4v) is 6.56. The van der Waals surface area contributed by atoms with Gasteiger partial charge in [-0.05, 0) is 56.4 Å². The summed E-state index contributed by atoms with van der Waals surface area (Å²) in [6.45, 7) is 3.80. The van der Waals surface area contributed by atoms with Crippen molar-refractivity contribution in [2.75, 3.05) is 0 Å². The van der Waals surface area contributed by atoms with Crippen LogP contribution in [0.3, 0.4) is 0 Å². The van der Waals surface area contributed by atoms with E-state index >= 15 is 26.3 Å². The summed E-state index contributed by atoms with van der Waals surface area (Å²) in [6.07, 6.45) is -1.05. The molecule has 0 bridgehead atoms. The predicted molar refractivity (Wildman–Crippen MR) is 135 cm³/mol. The number of rotatable bonds is 12. The van der Waals surface area contributed by atoms with Crippen molar-refractivity contribution in [3.8, 4) is 0 Å². The average Bonchev–Trinajstić information content (AvgIpc) is 2.88. The fourth-order valence-electron chi connectivity index (χ4n) is 6.56. The smallest absolute Gasteiger partial charge is 0.206 e. The summed E-state index contributed by atoms with van der Waals surface area (Å²) in [7, 11) is 0. The first-order valence-electron chi connectivity index (χ1n) is 14.5. The summed E-state index contributed by atoms with van der Waals surface area (Å²) in [5.74, 6) is -30.7. The number of unbranched alkanes of at least 4 members (excludes halogenated alkanes) is 2. The molecule has 2 fully saturated rings. The van der Waals surface area contributed by atoms with Gasteiger partial charge in [-0.25, -0.2) is 8.78 Å². The maximum atomic E-state index is 15.2. The molecule has 40 heavy (non-hydrogen) atoms. The van der Waals surface area contributed by atoms with Crippen molar-refractivity contribution in [1.29, 1.82) is 0 Å². The molecular weight excluding hydrogens is 550 g/mol. The van der Waals surface area contributed by atoms with Gasteiger partial charge in [-0.3, -0.25) is 0 Å². The molecule has 10 heteroatoms. The number of benzene rings is 1. The zero-order valence-electron chi connectivity index (χ0n) is 23.1. The molecule has 2 saturated carbocycles. The normalized spacial score (nSPS) is 26.6. The minimum absolute atomic E-state index is 0.0108. The molecule has 0 aliphatic heterocycles. The van der Waals surface area contributed by atoms with Gasteiger partial charge in [-0.1, -0.05) is 70.2 Å². The van der Waals surface area contributed by atoms with Crippen LogP contribution >= 0.6 is 0 Å². The lowest BCUT2D eigenvalue weighted by Crippen LogP contribution is -2.58. The second kappa shape index (κ2) is 12.4. The van der Waals surface area contributed by atoms with Crippen LogP contribution in [-0.2, 0) is 12.3 Å². The van der Waals surface area contributed by atoms with Gasteiger partial charge in [0.05, 0.1) is 5.92 Å². The predicted octanol–water partition coefficient (Wildman–Crippen LogP) is 11.1. The molecule has 2 atom stereocenters. The molecule has 0 spiro atoms. The van der Waals surface area contributed by atoms with E-state index in [0.717, 1.165) is 31.4 Å². The Kier molecular flexibility index (Phi) is 10.2. The van der Waals surface area contributed by atoms with Gasteiger partial charge in [-0.15, -0.1) is 0 Å². The minimum atomic E-state index is -5.06. The van der Waals surface area contributed by atoms with Crippen LogP contribution in [-0.4, -0.2) is 23.7 Å². The Hall–Kier alpha value is -1.48. The second-order valence-corrected chi connectivity index (χ2v) is 11.9. The maximum Gasteiger partial charge on any atom is 0.335 e. The highest BCUT2D eigenvalue weighted by Crippen LogP contribution is 2.59. The van der Waals surface area contributed by atoms with Crippen molar-refractivity contribution in [2.24, 2.45) is 23.7 Å². The highest BCUT2D eigenvalue weighted by Gasteiger charge is 2.71. The van der Waals surface area contributed by atoms with Crippen molar-refractivity contribution < 1.29 is 43.9 Å². The molecule has 0 aromatic heterocycles. The van der Waals surface area contributed by atoms with Crippen LogP contribution < -0.4 is 0 Å². The zero-order valence-corrected chi connectivity index (χ0v) is 23.1. The molecule has 3 rings (SSSR count). The maximum absolute atomic E-state index is 15.2. The third kappa shape index (κ3) is 6.45. The van der Waals surface area contributed by atoms with E-state index in [1.54, 1.807) is 0 Å². The van der Waals surface area contributed by atoms with Crippen LogP contribution in [0.5, 0.6) is 0 Å². The molecule has 0 N–H and O–H groups in total. The monoisotopic (exact) mass is 590 g/mol. The number of alkyl halides is 10. The van der Waals surface area contributed by atoms with Gasteiger partial charge in [0.2, 0.25) is 0 Å². The zero-order chi connectivity index (χ0) is 30.0. The lowest BCUT2D eigenvalue weighted by molar-refractivity contribution is -0.308. The van der Waals surface area contributed by atoms with Crippen LogP contribution in [0.1, 0.15) is 102 Å². The number of aryl methyl sites for hydroxylation is 1. The molecule has 2 aliphatic carbocycles.